The van der Waals surface area contributed by atoms with Crippen molar-refractivity contribution in [3.8, 4) is 0 Å². The fraction of sp³-hybridized carbons (Fsp3) is 1.00. The molecule has 98 valence electrons. The third kappa shape index (κ3) is 5.80. The van der Waals surface area contributed by atoms with Gasteiger partial charge in [0.25, 0.3) is 0 Å². The fourth-order valence-corrected chi connectivity index (χ4v) is 1.87. The number of rotatable bonds is 10. The molecule has 0 aromatic heterocycles. The van der Waals surface area contributed by atoms with Gasteiger partial charge in [0, 0.05) is 40.5 Å². The molecule has 0 aliphatic carbocycles. The Hall–Kier alpha value is -0.160. The van der Waals surface area contributed by atoms with E-state index < -0.39 is 0 Å². The standard InChI is InChI=1S/C12H27NO3/c1-6-11(7-2)13(8-9-14-3)10-12(15-4)16-5/h11-12H,6-10H2,1-5H3. The molecule has 0 rings (SSSR count). The van der Waals surface area contributed by atoms with E-state index >= 15 is 0 Å². The molecule has 0 atom stereocenters. The largest absolute Gasteiger partial charge is 0.383 e. The first-order chi connectivity index (χ1) is 7.73. The summed E-state index contributed by atoms with van der Waals surface area (Å²) in [6.45, 7) is 6.89. The molecule has 0 unspecified atom stereocenters. The van der Waals surface area contributed by atoms with Gasteiger partial charge in [-0.15, -0.1) is 0 Å². The molecule has 0 amide bonds. The smallest absolute Gasteiger partial charge is 0.169 e. The molecule has 4 nitrogen and oxygen atoms in total. The van der Waals surface area contributed by atoms with E-state index in [1.165, 1.54) is 0 Å². The Morgan fingerprint density at radius 1 is 1.00 bits per heavy atom. The molecule has 0 aromatic rings. The van der Waals surface area contributed by atoms with E-state index in [1.54, 1.807) is 21.3 Å². The Morgan fingerprint density at radius 3 is 1.94 bits per heavy atom. The summed E-state index contributed by atoms with van der Waals surface area (Å²) in [5, 5.41) is 0. The summed E-state index contributed by atoms with van der Waals surface area (Å²) >= 11 is 0. The van der Waals surface area contributed by atoms with E-state index in [0.717, 1.165) is 32.5 Å². The number of ether oxygens (including phenoxy) is 3. The van der Waals surface area contributed by atoms with Crippen molar-refractivity contribution >= 4 is 0 Å². The highest BCUT2D eigenvalue weighted by Crippen LogP contribution is 2.10. The zero-order valence-corrected chi connectivity index (χ0v) is 11.4. The van der Waals surface area contributed by atoms with Crippen LogP contribution in [0.5, 0.6) is 0 Å². The van der Waals surface area contributed by atoms with Crippen LogP contribution in [0.25, 0.3) is 0 Å². The van der Waals surface area contributed by atoms with Gasteiger partial charge in [0.15, 0.2) is 6.29 Å². The molecular formula is C12H27NO3. The average Bonchev–Trinajstić information content (AvgIpc) is 2.33. The summed E-state index contributed by atoms with van der Waals surface area (Å²) in [5.74, 6) is 0. The molecule has 0 radical (unpaired) electrons. The van der Waals surface area contributed by atoms with Crippen molar-refractivity contribution in [3.05, 3.63) is 0 Å². The number of methoxy groups -OCH3 is 3. The molecule has 0 fully saturated rings. The van der Waals surface area contributed by atoms with Crippen molar-refractivity contribution in [1.29, 1.82) is 0 Å². The normalized spacial score (nSPS) is 12.0. The van der Waals surface area contributed by atoms with Crippen molar-refractivity contribution < 1.29 is 14.2 Å². The molecule has 16 heavy (non-hydrogen) atoms. The lowest BCUT2D eigenvalue weighted by atomic mass is 10.1. The number of hydrogen-bond acceptors (Lipinski definition) is 4. The molecule has 4 heteroatoms. The molecule has 0 spiro atoms. The molecule has 0 saturated heterocycles. The Bertz CT molecular complexity index is 147. The van der Waals surface area contributed by atoms with E-state index in [9.17, 15) is 0 Å². The van der Waals surface area contributed by atoms with Gasteiger partial charge in [-0.1, -0.05) is 13.8 Å². The van der Waals surface area contributed by atoms with Crippen LogP contribution in [0.1, 0.15) is 26.7 Å². The van der Waals surface area contributed by atoms with Gasteiger partial charge in [-0.05, 0) is 12.8 Å². The Morgan fingerprint density at radius 2 is 1.56 bits per heavy atom. The minimum Gasteiger partial charge on any atom is -0.383 e. The van der Waals surface area contributed by atoms with Crippen LogP contribution in [0.4, 0.5) is 0 Å². The molecule has 0 bridgehead atoms. The van der Waals surface area contributed by atoms with Crippen molar-refractivity contribution in [3.63, 3.8) is 0 Å². The first-order valence-corrected chi connectivity index (χ1v) is 6.01. The van der Waals surface area contributed by atoms with E-state index in [0.29, 0.717) is 6.04 Å². The van der Waals surface area contributed by atoms with Gasteiger partial charge in [-0.25, -0.2) is 0 Å². The Kier molecular flexibility index (Phi) is 9.92. The third-order valence-electron chi connectivity index (χ3n) is 2.95. The average molecular weight is 233 g/mol. The van der Waals surface area contributed by atoms with Crippen LogP contribution in [-0.4, -0.2) is 58.3 Å². The zero-order valence-electron chi connectivity index (χ0n) is 11.4. The van der Waals surface area contributed by atoms with Gasteiger partial charge >= 0.3 is 0 Å². The second-order valence-electron chi connectivity index (χ2n) is 3.86. The van der Waals surface area contributed by atoms with Crippen molar-refractivity contribution in [2.75, 3.05) is 41.0 Å². The van der Waals surface area contributed by atoms with Crippen LogP contribution in [-0.2, 0) is 14.2 Å². The molecule has 0 heterocycles. The number of hydrogen-bond donors (Lipinski definition) is 0. The highest BCUT2D eigenvalue weighted by molar-refractivity contribution is 4.70. The lowest BCUT2D eigenvalue weighted by molar-refractivity contribution is -0.122. The van der Waals surface area contributed by atoms with Crippen LogP contribution >= 0.6 is 0 Å². The Balaban J connectivity index is 4.27. The van der Waals surface area contributed by atoms with Crippen LogP contribution in [0.2, 0.25) is 0 Å². The first-order valence-electron chi connectivity index (χ1n) is 6.01. The van der Waals surface area contributed by atoms with E-state index in [-0.39, 0.29) is 6.29 Å². The van der Waals surface area contributed by atoms with E-state index in [2.05, 4.69) is 18.7 Å². The Labute approximate surface area is 99.9 Å². The second-order valence-corrected chi connectivity index (χ2v) is 3.86. The van der Waals surface area contributed by atoms with Crippen molar-refractivity contribution in [2.24, 2.45) is 0 Å². The topological polar surface area (TPSA) is 30.9 Å². The maximum atomic E-state index is 5.24. The summed E-state index contributed by atoms with van der Waals surface area (Å²) < 4.78 is 15.6. The monoisotopic (exact) mass is 233 g/mol. The van der Waals surface area contributed by atoms with Gasteiger partial charge in [-0.2, -0.15) is 0 Å². The summed E-state index contributed by atoms with van der Waals surface area (Å²) in [5.41, 5.74) is 0. The molecule has 0 aromatic carbocycles. The molecule has 0 aliphatic heterocycles. The van der Waals surface area contributed by atoms with Crippen molar-refractivity contribution in [2.45, 2.75) is 39.0 Å². The van der Waals surface area contributed by atoms with Crippen LogP contribution in [0, 0.1) is 0 Å². The summed E-state index contributed by atoms with van der Waals surface area (Å²) in [7, 11) is 5.08. The third-order valence-corrected chi connectivity index (χ3v) is 2.95. The highest BCUT2D eigenvalue weighted by Gasteiger charge is 2.19. The van der Waals surface area contributed by atoms with Gasteiger partial charge < -0.3 is 14.2 Å². The predicted octanol–water partition coefficient (Wildman–Crippen LogP) is 1.74. The quantitative estimate of drug-likeness (QED) is 0.538. The van der Waals surface area contributed by atoms with E-state index in [1.807, 2.05) is 0 Å². The van der Waals surface area contributed by atoms with Gasteiger partial charge in [0.1, 0.15) is 0 Å². The summed E-state index contributed by atoms with van der Waals surface area (Å²) in [6, 6.07) is 0.572. The maximum absolute atomic E-state index is 5.24. The van der Waals surface area contributed by atoms with Crippen molar-refractivity contribution in [1.82, 2.24) is 4.90 Å². The SMILES string of the molecule is CCC(CC)N(CCOC)CC(OC)OC. The lowest BCUT2D eigenvalue weighted by Crippen LogP contribution is -2.43. The minimum atomic E-state index is -0.155. The highest BCUT2D eigenvalue weighted by atomic mass is 16.7. The maximum Gasteiger partial charge on any atom is 0.169 e. The summed E-state index contributed by atoms with van der Waals surface area (Å²) in [4.78, 5) is 2.38. The zero-order chi connectivity index (χ0) is 12.4. The molecule has 0 aliphatic rings. The second kappa shape index (κ2) is 10.0. The lowest BCUT2D eigenvalue weighted by Gasteiger charge is -2.32. The van der Waals surface area contributed by atoms with Crippen LogP contribution in [0.3, 0.4) is 0 Å². The van der Waals surface area contributed by atoms with Gasteiger partial charge in [0.2, 0.25) is 0 Å². The predicted molar refractivity (Wildman–Crippen MR) is 65.6 cm³/mol. The minimum absolute atomic E-state index is 0.155. The fourth-order valence-electron chi connectivity index (χ4n) is 1.87. The first kappa shape index (κ1) is 15.8. The molecule has 0 N–H and O–H groups in total. The molecule has 0 saturated carbocycles. The van der Waals surface area contributed by atoms with Gasteiger partial charge in [-0.3, -0.25) is 4.90 Å². The number of nitrogens with zero attached hydrogens (tertiary/aromatic N) is 1. The van der Waals surface area contributed by atoms with Crippen LogP contribution in [0.15, 0.2) is 0 Å². The van der Waals surface area contributed by atoms with E-state index in [4.69, 9.17) is 14.2 Å². The van der Waals surface area contributed by atoms with Gasteiger partial charge in [0.05, 0.1) is 6.61 Å². The van der Waals surface area contributed by atoms with Crippen LogP contribution < -0.4 is 0 Å². The molecular weight excluding hydrogens is 206 g/mol. The summed E-state index contributed by atoms with van der Waals surface area (Å²) in [6.07, 6.45) is 2.12.